The summed E-state index contributed by atoms with van der Waals surface area (Å²) in [5, 5.41) is 2.90. The lowest BCUT2D eigenvalue weighted by Crippen LogP contribution is -2.26. The minimum absolute atomic E-state index is 0.0511. The maximum atomic E-state index is 12.0. The van der Waals surface area contributed by atoms with Gasteiger partial charge in [0, 0.05) is 17.2 Å². The Morgan fingerprint density at radius 2 is 1.84 bits per heavy atom. The van der Waals surface area contributed by atoms with Crippen LogP contribution >= 0.6 is 0 Å². The number of fused-ring (bicyclic) bond motifs is 1. The van der Waals surface area contributed by atoms with E-state index in [-0.39, 0.29) is 11.8 Å². The largest absolute Gasteiger partial charge is 0.322 e. The molecule has 19 heavy (non-hydrogen) atoms. The van der Waals surface area contributed by atoms with E-state index >= 15 is 0 Å². The third kappa shape index (κ3) is 1.95. The van der Waals surface area contributed by atoms with Crippen LogP contribution in [0.3, 0.4) is 0 Å². The van der Waals surface area contributed by atoms with Crippen LogP contribution in [-0.4, -0.2) is 5.91 Å². The molecule has 2 nitrogen and oxygen atoms in total. The summed E-state index contributed by atoms with van der Waals surface area (Å²) in [6.45, 7) is 6.03. The van der Waals surface area contributed by atoms with E-state index < -0.39 is 0 Å². The molecule has 0 aromatic heterocycles. The molecule has 0 fully saturated rings. The number of aryl methyl sites for hydroxylation is 1. The average Bonchev–Trinajstić information content (AvgIpc) is 2.42. The maximum absolute atomic E-state index is 12.0. The Hall–Kier alpha value is -2.35. The zero-order chi connectivity index (χ0) is 13.4. The smallest absolute Gasteiger partial charge is 0.251 e. The molecule has 1 heterocycles. The molecule has 0 radical (unpaired) electrons. The van der Waals surface area contributed by atoms with E-state index in [0.717, 1.165) is 16.8 Å². The van der Waals surface area contributed by atoms with Gasteiger partial charge in [0.1, 0.15) is 0 Å². The van der Waals surface area contributed by atoms with E-state index in [1.165, 1.54) is 5.56 Å². The van der Waals surface area contributed by atoms with Crippen molar-refractivity contribution in [2.24, 2.45) is 0 Å². The van der Waals surface area contributed by atoms with Crippen LogP contribution < -0.4 is 5.32 Å². The fraction of sp³-hybridized carbons (Fsp3) is 0.118. The minimum atomic E-state index is -0.0924. The molecule has 3 rings (SSSR count). The van der Waals surface area contributed by atoms with Crippen molar-refractivity contribution in [3.8, 4) is 0 Å². The van der Waals surface area contributed by atoms with Crippen LogP contribution in [0.1, 0.15) is 22.6 Å². The fourth-order valence-electron chi connectivity index (χ4n) is 2.58. The van der Waals surface area contributed by atoms with Crippen LogP contribution in [0.4, 0.5) is 5.69 Å². The van der Waals surface area contributed by atoms with Crippen molar-refractivity contribution in [3.63, 3.8) is 0 Å². The maximum Gasteiger partial charge on any atom is 0.251 e. The van der Waals surface area contributed by atoms with Gasteiger partial charge in [-0.25, -0.2) is 0 Å². The standard InChI is InChI=1S/C17H15NO/c1-11-8-9-15-14(10-11)16(12(2)17(19)18-15)13-6-4-3-5-7-13/h3-10,16H,2H2,1H3,(H,18,19). The van der Waals surface area contributed by atoms with Gasteiger partial charge in [0.05, 0.1) is 0 Å². The van der Waals surface area contributed by atoms with Gasteiger partial charge in [-0.15, -0.1) is 0 Å². The predicted octanol–water partition coefficient (Wildman–Crippen LogP) is 3.64. The Morgan fingerprint density at radius 3 is 2.58 bits per heavy atom. The van der Waals surface area contributed by atoms with Crippen LogP contribution in [0, 0.1) is 6.92 Å². The van der Waals surface area contributed by atoms with Crippen LogP contribution in [0.2, 0.25) is 0 Å². The summed E-state index contributed by atoms with van der Waals surface area (Å²) >= 11 is 0. The SMILES string of the molecule is C=C1C(=O)Nc2ccc(C)cc2C1c1ccccc1. The van der Waals surface area contributed by atoms with Crippen LogP contribution in [-0.2, 0) is 4.79 Å². The predicted molar refractivity (Wildman–Crippen MR) is 77.2 cm³/mol. The topological polar surface area (TPSA) is 29.1 Å². The highest BCUT2D eigenvalue weighted by molar-refractivity contribution is 6.08. The number of anilines is 1. The van der Waals surface area contributed by atoms with E-state index in [4.69, 9.17) is 0 Å². The van der Waals surface area contributed by atoms with Gasteiger partial charge in [0.15, 0.2) is 0 Å². The molecule has 1 atom stereocenters. The molecular formula is C17H15NO. The molecule has 1 amide bonds. The molecule has 1 aliphatic heterocycles. The lowest BCUT2D eigenvalue weighted by atomic mass is 9.81. The van der Waals surface area contributed by atoms with E-state index in [1.807, 2.05) is 42.5 Å². The molecule has 0 bridgehead atoms. The Kier molecular flexibility index (Phi) is 2.71. The normalized spacial score (nSPS) is 17.8. The summed E-state index contributed by atoms with van der Waals surface area (Å²) < 4.78 is 0. The van der Waals surface area contributed by atoms with Gasteiger partial charge < -0.3 is 5.32 Å². The van der Waals surface area contributed by atoms with Gasteiger partial charge in [-0.3, -0.25) is 4.79 Å². The average molecular weight is 249 g/mol. The van der Waals surface area contributed by atoms with Crippen molar-refractivity contribution in [3.05, 3.63) is 77.4 Å². The molecule has 94 valence electrons. The van der Waals surface area contributed by atoms with Crippen LogP contribution in [0.25, 0.3) is 0 Å². The van der Waals surface area contributed by atoms with Gasteiger partial charge in [0.2, 0.25) is 0 Å². The number of carbonyl (C=O) groups is 1. The number of carbonyl (C=O) groups excluding carboxylic acids is 1. The van der Waals surface area contributed by atoms with E-state index in [2.05, 4.69) is 24.9 Å². The summed E-state index contributed by atoms with van der Waals surface area (Å²) in [7, 11) is 0. The highest BCUT2D eigenvalue weighted by Gasteiger charge is 2.29. The van der Waals surface area contributed by atoms with E-state index in [9.17, 15) is 4.79 Å². The number of hydrogen-bond donors (Lipinski definition) is 1. The number of amides is 1. The first-order valence-electron chi connectivity index (χ1n) is 6.32. The Labute approximate surface area is 112 Å². The highest BCUT2D eigenvalue weighted by atomic mass is 16.1. The van der Waals surface area contributed by atoms with Crippen molar-refractivity contribution in [1.82, 2.24) is 0 Å². The number of benzene rings is 2. The summed E-state index contributed by atoms with van der Waals surface area (Å²) in [6, 6.07) is 16.1. The van der Waals surface area contributed by atoms with Crippen molar-refractivity contribution >= 4 is 11.6 Å². The molecule has 0 saturated carbocycles. The van der Waals surface area contributed by atoms with Gasteiger partial charge in [-0.2, -0.15) is 0 Å². The van der Waals surface area contributed by atoms with Crippen molar-refractivity contribution < 1.29 is 4.79 Å². The first-order chi connectivity index (χ1) is 9.16. The molecule has 2 aromatic rings. The number of nitrogens with one attached hydrogen (secondary N) is 1. The Morgan fingerprint density at radius 1 is 1.11 bits per heavy atom. The molecular weight excluding hydrogens is 234 g/mol. The molecule has 1 N–H and O–H groups in total. The van der Waals surface area contributed by atoms with E-state index in [1.54, 1.807) is 0 Å². The summed E-state index contributed by atoms with van der Waals surface area (Å²) in [5.74, 6) is -0.143. The third-order valence-corrected chi connectivity index (χ3v) is 3.54. The van der Waals surface area contributed by atoms with E-state index in [0.29, 0.717) is 5.57 Å². The molecule has 2 heteroatoms. The second-order valence-electron chi connectivity index (χ2n) is 4.91. The van der Waals surface area contributed by atoms with Crippen molar-refractivity contribution in [2.45, 2.75) is 12.8 Å². The molecule has 0 saturated heterocycles. The zero-order valence-corrected chi connectivity index (χ0v) is 10.8. The van der Waals surface area contributed by atoms with Crippen molar-refractivity contribution in [2.75, 3.05) is 5.32 Å². The molecule has 2 aromatic carbocycles. The highest BCUT2D eigenvalue weighted by Crippen LogP contribution is 2.39. The molecule has 0 spiro atoms. The Balaban J connectivity index is 2.20. The van der Waals surface area contributed by atoms with Gasteiger partial charge in [-0.1, -0.05) is 54.6 Å². The fourth-order valence-corrected chi connectivity index (χ4v) is 2.58. The van der Waals surface area contributed by atoms with Crippen molar-refractivity contribution in [1.29, 1.82) is 0 Å². The minimum Gasteiger partial charge on any atom is -0.322 e. The molecule has 1 aliphatic rings. The van der Waals surface area contributed by atoms with Gasteiger partial charge in [0.25, 0.3) is 5.91 Å². The van der Waals surface area contributed by atoms with Crippen LogP contribution in [0.15, 0.2) is 60.7 Å². The van der Waals surface area contributed by atoms with Gasteiger partial charge in [-0.05, 0) is 24.1 Å². The summed E-state index contributed by atoms with van der Waals surface area (Å²) in [6.07, 6.45) is 0. The quantitative estimate of drug-likeness (QED) is 0.768. The van der Waals surface area contributed by atoms with Gasteiger partial charge >= 0.3 is 0 Å². The summed E-state index contributed by atoms with van der Waals surface area (Å²) in [5.41, 5.74) is 4.90. The first kappa shape index (κ1) is 11.7. The first-order valence-corrected chi connectivity index (χ1v) is 6.32. The lowest BCUT2D eigenvalue weighted by molar-refractivity contribution is -0.113. The monoisotopic (exact) mass is 249 g/mol. The molecule has 1 unspecified atom stereocenters. The zero-order valence-electron chi connectivity index (χ0n) is 10.8. The number of rotatable bonds is 1. The number of hydrogen-bond acceptors (Lipinski definition) is 1. The lowest BCUT2D eigenvalue weighted by Gasteiger charge is -2.28. The third-order valence-electron chi connectivity index (χ3n) is 3.54. The molecule has 0 aliphatic carbocycles. The summed E-state index contributed by atoms with van der Waals surface area (Å²) in [4.78, 5) is 12.0. The second kappa shape index (κ2) is 4.39. The Bertz CT molecular complexity index is 658. The van der Waals surface area contributed by atoms with Crippen LogP contribution in [0.5, 0.6) is 0 Å². The second-order valence-corrected chi connectivity index (χ2v) is 4.91.